The fourth-order valence-corrected chi connectivity index (χ4v) is 4.58. The zero-order valence-electron chi connectivity index (χ0n) is 16.4. The second kappa shape index (κ2) is 9.35. The summed E-state index contributed by atoms with van der Waals surface area (Å²) in [5, 5.41) is 0. The van der Waals surface area contributed by atoms with Crippen LogP contribution in [0.3, 0.4) is 0 Å². The van der Waals surface area contributed by atoms with Crippen molar-refractivity contribution in [3.63, 3.8) is 0 Å². The molecule has 1 unspecified atom stereocenters. The molecule has 140 valence electrons. The van der Waals surface area contributed by atoms with E-state index in [-0.39, 0.29) is 5.82 Å². The van der Waals surface area contributed by atoms with Crippen LogP contribution in [0.1, 0.15) is 64.4 Å². The van der Waals surface area contributed by atoms with Gasteiger partial charge in [-0.25, -0.2) is 4.39 Å². The molecule has 26 heavy (non-hydrogen) atoms. The van der Waals surface area contributed by atoms with E-state index in [1.54, 1.807) is 12.1 Å². The van der Waals surface area contributed by atoms with Gasteiger partial charge in [0.15, 0.2) is 0 Å². The van der Waals surface area contributed by atoms with Gasteiger partial charge in [-0.3, -0.25) is 0 Å². The number of unbranched alkanes of at least 4 members (excludes halogenated alkanes) is 1. The van der Waals surface area contributed by atoms with E-state index in [4.69, 9.17) is 0 Å². The Kier molecular flexibility index (Phi) is 6.88. The molecule has 0 aromatic heterocycles. The minimum Gasteiger partial charge on any atom is -0.207 e. The Morgan fingerprint density at radius 3 is 2.35 bits per heavy atom. The van der Waals surface area contributed by atoms with Crippen LogP contribution < -0.4 is 0 Å². The molecule has 0 radical (unpaired) electrons. The molecule has 0 saturated heterocycles. The van der Waals surface area contributed by atoms with Gasteiger partial charge in [-0.15, -0.1) is 0 Å². The first-order chi connectivity index (χ1) is 12.7. The molecule has 2 aromatic rings. The first kappa shape index (κ1) is 19.1. The van der Waals surface area contributed by atoms with Crippen LogP contribution in [0.25, 0.3) is 11.1 Å². The summed E-state index contributed by atoms with van der Waals surface area (Å²) in [6.45, 7) is 4.73. The van der Waals surface area contributed by atoms with Gasteiger partial charge >= 0.3 is 0 Å². The number of benzene rings is 2. The van der Waals surface area contributed by atoms with Crippen molar-refractivity contribution >= 4 is 0 Å². The fourth-order valence-electron chi connectivity index (χ4n) is 4.58. The lowest BCUT2D eigenvalue weighted by Crippen LogP contribution is -2.21. The van der Waals surface area contributed by atoms with Gasteiger partial charge in [0.2, 0.25) is 0 Å². The van der Waals surface area contributed by atoms with E-state index in [0.29, 0.717) is 0 Å². The molecule has 2 aromatic carbocycles. The number of hydrogen-bond acceptors (Lipinski definition) is 0. The van der Waals surface area contributed by atoms with Crippen molar-refractivity contribution in [1.29, 1.82) is 0 Å². The predicted molar refractivity (Wildman–Crippen MR) is 110 cm³/mol. The molecular formula is C25H33F. The van der Waals surface area contributed by atoms with Crippen LogP contribution in [0.4, 0.5) is 4.39 Å². The van der Waals surface area contributed by atoms with Gasteiger partial charge in [0.1, 0.15) is 5.82 Å². The first-order valence-electron chi connectivity index (χ1n) is 10.5. The van der Waals surface area contributed by atoms with Gasteiger partial charge in [-0.2, -0.15) is 0 Å². The van der Waals surface area contributed by atoms with Crippen LogP contribution in [-0.4, -0.2) is 0 Å². The fraction of sp³-hybridized carbons (Fsp3) is 0.520. The number of halogens is 1. The van der Waals surface area contributed by atoms with E-state index >= 15 is 0 Å². The molecule has 0 heterocycles. The summed E-state index contributed by atoms with van der Waals surface area (Å²) in [4.78, 5) is 0. The summed E-state index contributed by atoms with van der Waals surface area (Å²) in [6.07, 6.45) is 11.0. The smallest absolute Gasteiger partial charge is 0.123 e. The van der Waals surface area contributed by atoms with Gasteiger partial charge < -0.3 is 0 Å². The normalized spacial score (nSPS) is 21.5. The summed E-state index contributed by atoms with van der Waals surface area (Å²) in [7, 11) is 0. The van der Waals surface area contributed by atoms with Crippen LogP contribution >= 0.6 is 0 Å². The standard InChI is InChI=1S/C25H33F/c1-3-4-6-20-9-13-22(14-10-20)19(2)17-21-11-15-23(16-12-21)24-7-5-8-25(26)18-24/h5,7-8,11-12,15-16,18-20,22H,3-4,6,9-10,13-14,17H2,1-2H3. The van der Waals surface area contributed by atoms with E-state index in [2.05, 4.69) is 38.1 Å². The van der Waals surface area contributed by atoms with Crippen LogP contribution in [0, 0.1) is 23.6 Å². The molecule has 1 heteroatoms. The van der Waals surface area contributed by atoms with Gasteiger partial charge in [-0.05, 0) is 65.8 Å². The third-order valence-electron chi connectivity index (χ3n) is 6.33. The molecule has 0 aliphatic heterocycles. The highest BCUT2D eigenvalue weighted by molar-refractivity contribution is 5.63. The Labute approximate surface area is 158 Å². The van der Waals surface area contributed by atoms with Crippen molar-refractivity contribution in [2.24, 2.45) is 17.8 Å². The molecule has 1 atom stereocenters. The minimum absolute atomic E-state index is 0.172. The van der Waals surface area contributed by atoms with E-state index in [0.717, 1.165) is 35.3 Å². The first-order valence-corrected chi connectivity index (χ1v) is 10.5. The minimum atomic E-state index is -0.172. The maximum absolute atomic E-state index is 13.4. The molecule has 1 fully saturated rings. The van der Waals surface area contributed by atoms with Crippen molar-refractivity contribution in [1.82, 2.24) is 0 Å². The molecule has 0 spiro atoms. The molecular weight excluding hydrogens is 319 g/mol. The van der Waals surface area contributed by atoms with E-state index in [1.807, 2.05) is 6.07 Å². The van der Waals surface area contributed by atoms with Crippen molar-refractivity contribution in [2.45, 2.75) is 65.2 Å². The van der Waals surface area contributed by atoms with Gasteiger partial charge in [0.25, 0.3) is 0 Å². The molecule has 3 rings (SSSR count). The van der Waals surface area contributed by atoms with Crippen LogP contribution in [0.2, 0.25) is 0 Å². The van der Waals surface area contributed by atoms with Crippen LogP contribution in [-0.2, 0) is 6.42 Å². The van der Waals surface area contributed by atoms with Gasteiger partial charge in [0.05, 0.1) is 0 Å². The SMILES string of the molecule is CCCCC1CCC(C(C)Cc2ccc(-c3cccc(F)c3)cc2)CC1. The summed E-state index contributed by atoms with van der Waals surface area (Å²) >= 11 is 0. The maximum atomic E-state index is 13.4. The number of rotatable bonds is 7. The van der Waals surface area contributed by atoms with Crippen molar-refractivity contribution < 1.29 is 4.39 Å². The molecule has 0 N–H and O–H groups in total. The third-order valence-corrected chi connectivity index (χ3v) is 6.33. The second-order valence-electron chi connectivity index (χ2n) is 8.31. The highest BCUT2D eigenvalue weighted by atomic mass is 19.1. The maximum Gasteiger partial charge on any atom is 0.123 e. The molecule has 0 nitrogen and oxygen atoms in total. The molecule has 0 amide bonds. The molecule has 1 aliphatic rings. The van der Waals surface area contributed by atoms with Crippen molar-refractivity contribution in [3.8, 4) is 11.1 Å². The Morgan fingerprint density at radius 2 is 1.69 bits per heavy atom. The molecule has 1 aliphatic carbocycles. The average molecular weight is 353 g/mol. The van der Waals surface area contributed by atoms with Crippen molar-refractivity contribution in [3.05, 3.63) is 59.9 Å². The Hall–Kier alpha value is -1.63. The Balaban J connectivity index is 1.53. The topological polar surface area (TPSA) is 0 Å². The van der Waals surface area contributed by atoms with E-state index in [9.17, 15) is 4.39 Å². The molecule has 0 bridgehead atoms. The largest absolute Gasteiger partial charge is 0.207 e. The lowest BCUT2D eigenvalue weighted by atomic mass is 9.73. The van der Waals surface area contributed by atoms with Crippen LogP contribution in [0.5, 0.6) is 0 Å². The summed E-state index contributed by atoms with van der Waals surface area (Å²) in [5.41, 5.74) is 3.46. The number of hydrogen-bond donors (Lipinski definition) is 0. The monoisotopic (exact) mass is 352 g/mol. The Bertz CT molecular complexity index is 665. The van der Waals surface area contributed by atoms with Crippen molar-refractivity contribution in [2.75, 3.05) is 0 Å². The summed E-state index contributed by atoms with van der Waals surface area (Å²) < 4.78 is 13.4. The van der Waals surface area contributed by atoms with Gasteiger partial charge in [-0.1, -0.05) is 82.3 Å². The highest BCUT2D eigenvalue weighted by Crippen LogP contribution is 2.36. The Morgan fingerprint density at radius 1 is 0.962 bits per heavy atom. The van der Waals surface area contributed by atoms with E-state index < -0.39 is 0 Å². The molecule has 1 saturated carbocycles. The average Bonchev–Trinajstić information content (AvgIpc) is 2.67. The highest BCUT2D eigenvalue weighted by Gasteiger charge is 2.24. The van der Waals surface area contributed by atoms with Crippen LogP contribution in [0.15, 0.2) is 48.5 Å². The third kappa shape index (κ3) is 5.19. The van der Waals surface area contributed by atoms with E-state index in [1.165, 1.54) is 56.6 Å². The second-order valence-corrected chi connectivity index (χ2v) is 8.31. The van der Waals surface area contributed by atoms with Gasteiger partial charge in [0, 0.05) is 0 Å². The lowest BCUT2D eigenvalue weighted by molar-refractivity contribution is 0.205. The summed E-state index contributed by atoms with van der Waals surface area (Å²) in [5.74, 6) is 2.46. The summed E-state index contributed by atoms with van der Waals surface area (Å²) in [6, 6.07) is 15.6. The lowest BCUT2D eigenvalue weighted by Gasteiger charge is -2.32. The zero-order valence-corrected chi connectivity index (χ0v) is 16.4. The zero-order chi connectivity index (χ0) is 18.4. The predicted octanol–water partition coefficient (Wildman–Crippen LogP) is 7.67. The quantitative estimate of drug-likeness (QED) is 0.479.